The second-order valence-corrected chi connectivity index (χ2v) is 6.35. The lowest BCUT2D eigenvalue weighted by Gasteiger charge is -2.31. The molecule has 120 valence electrons. The zero-order valence-corrected chi connectivity index (χ0v) is 13.8. The zero-order valence-electron chi connectivity index (χ0n) is 13.0. The number of piperidine rings is 1. The minimum Gasteiger partial charge on any atom is -0.356 e. The van der Waals surface area contributed by atoms with Crippen LogP contribution in [0.2, 0.25) is 0 Å². The van der Waals surface area contributed by atoms with Gasteiger partial charge in [0, 0.05) is 43.8 Å². The normalized spacial score (nSPS) is 18.0. The van der Waals surface area contributed by atoms with Gasteiger partial charge >= 0.3 is 0 Å². The molecular formula is C16H23N3O2S. The predicted molar refractivity (Wildman–Crippen MR) is 87.9 cm³/mol. The Bertz CT molecular complexity index is 541. The molecule has 1 atom stereocenters. The maximum atomic E-state index is 11.7. The number of likely N-dealkylation sites (tertiary alicyclic amines) is 1. The third kappa shape index (κ3) is 4.40. The van der Waals surface area contributed by atoms with Gasteiger partial charge in [0.05, 0.1) is 10.7 Å². The van der Waals surface area contributed by atoms with E-state index < -0.39 is 0 Å². The molecule has 0 aromatic carbocycles. The molecule has 1 aromatic heterocycles. The zero-order chi connectivity index (χ0) is 15.9. The van der Waals surface area contributed by atoms with E-state index in [1.165, 1.54) is 6.08 Å². The highest BCUT2D eigenvalue weighted by atomic mass is 32.1. The van der Waals surface area contributed by atoms with Crippen LogP contribution in [0.1, 0.15) is 42.8 Å². The van der Waals surface area contributed by atoms with Gasteiger partial charge in [-0.05, 0) is 18.9 Å². The number of nitrogens with one attached hydrogen (secondary N) is 1. The van der Waals surface area contributed by atoms with Gasteiger partial charge in [-0.1, -0.05) is 13.5 Å². The van der Waals surface area contributed by atoms with Crippen LogP contribution in [0.25, 0.3) is 0 Å². The molecule has 2 amide bonds. The fraction of sp³-hybridized carbons (Fsp3) is 0.562. The van der Waals surface area contributed by atoms with Crippen molar-refractivity contribution in [2.24, 2.45) is 0 Å². The number of hydrogen-bond acceptors (Lipinski definition) is 4. The van der Waals surface area contributed by atoms with Crippen LogP contribution >= 0.6 is 11.3 Å². The van der Waals surface area contributed by atoms with Crippen LogP contribution in [0.4, 0.5) is 0 Å². The highest BCUT2D eigenvalue weighted by Gasteiger charge is 2.25. The molecule has 1 N–H and O–H groups in total. The summed E-state index contributed by atoms with van der Waals surface area (Å²) in [6.45, 7) is 7.56. The van der Waals surface area contributed by atoms with E-state index in [-0.39, 0.29) is 11.8 Å². The monoisotopic (exact) mass is 321 g/mol. The molecule has 1 aliphatic heterocycles. The van der Waals surface area contributed by atoms with E-state index in [4.69, 9.17) is 0 Å². The van der Waals surface area contributed by atoms with Crippen LogP contribution in [-0.4, -0.2) is 41.3 Å². The molecule has 2 heterocycles. The first-order valence-electron chi connectivity index (χ1n) is 7.76. The number of carbonyl (C=O) groups excluding carboxylic acids is 2. The van der Waals surface area contributed by atoms with Crippen molar-refractivity contribution in [3.8, 4) is 0 Å². The van der Waals surface area contributed by atoms with Gasteiger partial charge in [-0.3, -0.25) is 9.59 Å². The van der Waals surface area contributed by atoms with Crippen LogP contribution in [0.5, 0.6) is 0 Å². The van der Waals surface area contributed by atoms with Gasteiger partial charge in [0.2, 0.25) is 11.8 Å². The topological polar surface area (TPSA) is 62.3 Å². The van der Waals surface area contributed by atoms with Crippen LogP contribution in [-0.2, 0) is 16.0 Å². The second kappa shape index (κ2) is 8.08. The van der Waals surface area contributed by atoms with Crippen molar-refractivity contribution in [1.29, 1.82) is 0 Å². The Labute approximate surface area is 135 Å². The molecule has 2 rings (SSSR count). The van der Waals surface area contributed by atoms with Gasteiger partial charge in [-0.15, -0.1) is 11.3 Å². The Kier molecular flexibility index (Phi) is 6.12. The van der Waals surface area contributed by atoms with Gasteiger partial charge in [0.1, 0.15) is 0 Å². The Morgan fingerprint density at radius 1 is 1.59 bits per heavy atom. The number of hydrogen-bond donors (Lipinski definition) is 1. The molecule has 0 radical (unpaired) electrons. The number of carbonyl (C=O) groups is 2. The molecule has 0 aliphatic carbocycles. The molecular weight excluding hydrogens is 298 g/mol. The van der Waals surface area contributed by atoms with Crippen LogP contribution in [0.15, 0.2) is 18.0 Å². The summed E-state index contributed by atoms with van der Waals surface area (Å²) in [5.74, 6) is 0.395. The van der Waals surface area contributed by atoms with Crippen LogP contribution in [0.3, 0.4) is 0 Å². The van der Waals surface area contributed by atoms with Crippen molar-refractivity contribution in [1.82, 2.24) is 15.2 Å². The van der Waals surface area contributed by atoms with Crippen molar-refractivity contribution < 1.29 is 9.59 Å². The van der Waals surface area contributed by atoms with Crippen molar-refractivity contribution >= 4 is 23.2 Å². The number of aromatic nitrogens is 1. The van der Waals surface area contributed by atoms with Gasteiger partial charge in [-0.2, -0.15) is 0 Å². The minimum atomic E-state index is 0.00348. The largest absolute Gasteiger partial charge is 0.356 e. The van der Waals surface area contributed by atoms with Crippen LogP contribution in [0, 0.1) is 0 Å². The molecule has 1 saturated heterocycles. The van der Waals surface area contributed by atoms with Crippen molar-refractivity contribution in [3.05, 3.63) is 28.7 Å². The smallest absolute Gasteiger partial charge is 0.245 e. The summed E-state index contributed by atoms with van der Waals surface area (Å²) >= 11 is 1.65. The summed E-state index contributed by atoms with van der Waals surface area (Å²) in [5, 5.41) is 6.01. The number of rotatable bonds is 6. The maximum Gasteiger partial charge on any atom is 0.245 e. The highest BCUT2D eigenvalue weighted by molar-refractivity contribution is 7.09. The molecule has 0 saturated carbocycles. The molecule has 0 bridgehead atoms. The highest BCUT2D eigenvalue weighted by Crippen LogP contribution is 2.29. The average molecular weight is 321 g/mol. The molecule has 1 aromatic rings. The first-order chi connectivity index (χ1) is 10.6. The minimum absolute atomic E-state index is 0.00348. The lowest BCUT2D eigenvalue weighted by molar-refractivity contribution is -0.127. The Hall–Kier alpha value is -1.69. The molecule has 0 spiro atoms. The van der Waals surface area contributed by atoms with Gasteiger partial charge in [-0.25, -0.2) is 4.98 Å². The van der Waals surface area contributed by atoms with Crippen molar-refractivity contribution in [3.63, 3.8) is 0 Å². The average Bonchev–Trinajstić information content (AvgIpc) is 3.03. The summed E-state index contributed by atoms with van der Waals surface area (Å²) in [5.41, 5.74) is 1.02. The molecule has 1 aliphatic rings. The van der Waals surface area contributed by atoms with Gasteiger partial charge < -0.3 is 10.2 Å². The van der Waals surface area contributed by atoms with Gasteiger partial charge in [0.15, 0.2) is 0 Å². The van der Waals surface area contributed by atoms with Crippen LogP contribution < -0.4 is 5.32 Å². The molecule has 6 heteroatoms. The van der Waals surface area contributed by atoms with E-state index in [0.29, 0.717) is 18.9 Å². The molecule has 5 nitrogen and oxygen atoms in total. The third-order valence-corrected chi connectivity index (χ3v) is 4.91. The first kappa shape index (κ1) is 16.7. The van der Waals surface area contributed by atoms with E-state index in [1.807, 2.05) is 11.8 Å². The lowest BCUT2D eigenvalue weighted by atomic mass is 9.98. The number of thiazole rings is 1. The first-order valence-corrected chi connectivity index (χ1v) is 8.64. The molecule has 1 fully saturated rings. The van der Waals surface area contributed by atoms with Crippen molar-refractivity contribution in [2.45, 2.75) is 38.5 Å². The van der Waals surface area contributed by atoms with E-state index in [9.17, 15) is 9.59 Å². The van der Waals surface area contributed by atoms with E-state index in [1.54, 1.807) is 11.3 Å². The molecule has 22 heavy (non-hydrogen) atoms. The maximum absolute atomic E-state index is 11.7. The second-order valence-electron chi connectivity index (χ2n) is 5.46. The third-order valence-electron chi connectivity index (χ3n) is 3.85. The predicted octanol–water partition coefficient (Wildman–Crippen LogP) is 2.10. The van der Waals surface area contributed by atoms with E-state index in [0.717, 1.165) is 43.1 Å². The molecule has 1 unspecified atom stereocenters. The standard InChI is InChI=1S/C16H23N3O2S/c1-3-14(20)17-8-7-13-11-22-16(18-13)12-6-5-9-19(10-12)15(21)4-2/h4,11-12H,2-3,5-10H2,1H3,(H,17,20). The van der Waals surface area contributed by atoms with E-state index >= 15 is 0 Å². The Morgan fingerprint density at radius 3 is 3.14 bits per heavy atom. The fourth-order valence-electron chi connectivity index (χ4n) is 2.59. The van der Waals surface area contributed by atoms with E-state index in [2.05, 4.69) is 22.3 Å². The Morgan fingerprint density at radius 2 is 2.41 bits per heavy atom. The summed E-state index contributed by atoms with van der Waals surface area (Å²) in [6.07, 6.45) is 4.72. The quantitative estimate of drug-likeness (QED) is 0.816. The Balaban J connectivity index is 1.89. The van der Waals surface area contributed by atoms with Crippen molar-refractivity contribution in [2.75, 3.05) is 19.6 Å². The van der Waals surface area contributed by atoms with Gasteiger partial charge in [0.25, 0.3) is 0 Å². The summed E-state index contributed by atoms with van der Waals surface area (Å²) in [6, 6.07) is 0. The fourth-order valence-corrected chi connectivity index (χ4v) is 3.57. The summed E-state index contributed by atoms with van der Waals surface area (Å²) < 4.78 is 0. The summed E-state index contributed by atoms with van der Waals surface area (Å²) in [4.78, 5) is 29.5. The lowest BCUT2D eigenvalue weighted by Crippen LogP contribution is -2.38. The number of amides is 2. The number of nitrogens with zero attached hydrogens (tertiary/aromatic N) is 2. The SMILES string of the molecule is C=CC(=O)N1CCCC(c2nc(CCNC(=O)CC)cs2)C1. The summed E-state index contributed by atoms with van der Waals surface area (Å²) in [7, 11) is 0.